The summed E-state index contributed by atoms with van der Waals surface area (Å²) in [6.07, 6.45) is 1.67. The van der Waals surface area contributed by atoms with Gasteiger partial charge in [0.2, 0.25) is 0 Å². The lowest BCUT2D eigenvalue weighted by molar-refractivity contribution is 0.0510. The van der Waals surface area contributed by atoms with E-state index in [1.54, 1.807) is 25.2 Å². The topological polar surface area (TPSA) is 40.1 Å². The molecule has 2 aromatic rings. The van der Waals surface area contributed by atoms with E-state index in [9.17, 15) is 8.78 Å². The molecule has 2 saturated heterocycles. The molecule has 0 aliphatic carbocycles. The lowest BCUT2D eigenvalue weighted by Gasteiger charge is -2.41. The molecule has 2 heterocycles. The molecule has 0 atom stereocenters. The molecule has 31 heavy (non-hydrogen) atoms. The molecule has 0 spiro atoms. The molecule has 166 valence electrons. The summed E-state index contributed by atoms with van der Waals surface area (Å²) >= 11 is 0. The Morgan fingerprint density at radius 3 is 2.45 bits per heavy atom. The predicted molar refractivity (Wildman–Crippen MR) is 120 cm³/mol. The highest BCUT2D eigenvalue weighted by atomic mass is 19.1. The van der Waals surface area contributed by atoms with E-state index in [0.717, 1.165) is 50.5 Å². The van der Waals surface area contributed by atoms with Crippen molar-refractivity contribution in [1.29, 1.82) is 0 Å². The van der Waals surface area contributed by atoms with Crippen molar-refractivity contribution >= 4 is 11.6 Å². The second kappa shape index (κ2) is 9.64. The third-order valence-corrected chi connectivity index (χ3v) is 6.46. The molecule has 2 aromatic carbocycles. The van der Waals surface area contributed by atoms with Crippen molar-refractivity contribution in [2.24, 2.45) is 4.99 Å². The minimum Gasteiger partial charge on any atom is -0.381 e. The number of halogens is 2. The van der Waals surface area contributed by atoms with Crippen molar-refractivity contribution in [1.82, 2.24) is 10.2 Å². The molecule has 0 amide bonds. The number of ether oxygens (including phenoxy) is 1. The van der Waals surface area contributed by atoms with Gasteiger partial charge in [-0.25, -0.2) is 8.78 Å². The normalized spacial score (nSPS) is 19.4. The maximum absolute atomic E-state index is 14.1. The second-order valence-corrected chi connectivity index (χ2v) is 8.23. The van der Waals surface area contributed by atoms with Crippen LogP contribution in [0.5, 0.6) is 0 Å². The Kier molecular flexibility index (Phi) is 6.70. The average molecular weight is 429 g/mol. The SMILES string of the molecule is CN=C(NCC1(c2cccc(F)c2)CCOCC1)N1CCN(c2ccccc2F)CC1. The zero-order valence-corrected chi connectivity index (χ0v) is 18.0. The Labute approximate surface area is 182 Å². The van der Waals surface area contributed by atoms with Crippen LogP contribution in [0.15, 0.2) is 53.5 Å². The maximum atomic E-state index is 14.1. The van der Waals surface area contributed by atoms with Crippen molar-refractivity contribution in [3.8, 4) is 0 Å². The smallest absolute Gasteiger partial charge is 0.193 e. The van der Waals surface area contributed by atoms with Gasteiger partial charge < -0.3 is 19.9 Å². The van der Waals surface area contributed by atoms with Crippen LogP contribution in [0.3, 0.4) is 0 Å². The van der Waals surface area contributed by atoms with Crippen molar-refractivity contribution in [2.45, 2.75) is 18.3 Å². The Morgan fingerprint density at radius 2 is 1.77 bits per heavy atom. The third kappa shape index (κ3) is 4.82. The fraction of sp³-hybridized carbons (Fsp3) is 0.458. The number of hydrogen-bond donors (Lipinski definition) is 1. The van der Waals surface area contributed by atoms with Gasteiger partial charge in [-0.05, 0) is 42.7 Å². The Balaban J connectivity index is 1.41. The zero-order chi connectivity index (χ0) is 21.7. The Morgan fingerprint density at radius 1 is 1.03 bits per heavy atom. The maximum Gasteiger partial charge on any atom is 0.193 e. The number of rotatable bonds is 4. The number of guanidine groups is 1. The molecule has 0 radical (unpaired) electrons. The molecular weight excluding hydrogens is 398 g/mol. The van der Waals surface area contributed by atoms with Crippen LogP contribution in [0.4, 0.5) is 14.5 Å². The number of anilines is 1. The fourth-order valence-corrected chi connectivity index (χ4v) is 4.60. The van der Waals surface area contributed by atoms with E-state index >= 15 is 0 Å². The summed E-state index contributed by atoms with van der Waals surface area (Å²) in [5.74, 6) is 0.433. The third-order valence-electron chi connectivity index (χ3n) is 6.46. The summed E-state index contributed by atoms with van der Waals surface area (Å²) < 4.78 is 33.7. The quantitative estimate of drug-likeness (QED) is 0.599. The van der Waals surface area contributed by atoms with E-state index in [1.807, 2.05) is 18.2 Å². The molecule has 0 saturated carbocycles. The Hall–Kier alpha value is -2.67. The fourth-order valence-electron chi connectivity index (χ4n) is 4.60. The molecule has 2 aliphatic rings. The van der Waals surface area contributed by atoms with Gasteiger partial charge in [0.25, 0.3) is 0 Å². The van der Waals surface area contributed by atoms with Gasteiger partial charge >= 0.3 is 0 Å². The highest BCUT2D eigenvalue weighted by molar-refractivity contribution is 5.80. The summed E-state index contributed by atoms with van der Waals surface area (Å²) in [5, 5.41) is 3.54. The van der Waals surface area contributed by atoms with Gasteiger partial charge in [-0.2, -0.15) is 0 Å². The number of nitrogens with one attached hydrogen (secondary N) is 1. The van der Waals surface area contributed by atoms with Crippen molar-refractivity contribution in [3.63, 3.8) is 0 Å². The van der Waals surface area contributed by atoms with Crippen LogP contribution >= 0.6 is 0 Å². The highest BCUT2D eigenvalue weighted by Crippen LogP contribution is 2.34. The first kappa shape index (κ1) is 21.6. The molecule has 2 fully saturated rings. The van der Waals surface area contributed by atoms with Gasteiger partial charge in [-0.15, -0.1) is 0 Å². The standard InChI is InChI=1S/C24H30F2N4O/c1-27-23(30-13-11-29(12-14-30)22-8-3-2-7-21(22)26)28-18-24(9-15-31-16-10-24)19-5-4-6-20(25)17-19/h2-8,17H,9-16,18H2,1H3,(H,27,28). The monoisotopic (exact) mass is 428 g/mol. The second-order valence-electron chi connectivity index (χ2n) is 8.23. The Bertz CT molecular complexity index is 906. The average Bonchev–Trinajstić information content (AvgIpc) is 2.81. The van der Waals surface area contributed by atoms with Gasteiger partial charge in [0, 0.05) is 58.4 Å². The molecular formula is C24H30F2N4O. The van der Waals surface area contributed by atoms with Crippen molar-refractivity contribution in [3.05, 3.63) is 65.7 Å². The summed E-state index contributed by atoms with van der Waals surface area (Å²) in [6.45, 7) is 4.96. The van der Waals surface area contributed by atoms with E-state index in [1.165, 1.54) is 12.1 Å². The minimum atomic E-state index is -0.211. The lowest BCUT2D eigenvalue weighted by atomic mass is 9.74. The summed E-state index contributed by atoms with van der Waals surface area (Å²) in [4.78, 5) is 8.77. The van der Waals surface area contributed by atoms with Crippen LogP contribution in [-0.2, 0) is 10.2 Å². The molecule has 0 bridgehead atoms. The molecule has 0 aromatic heterocycles. The zero-order valence-electron chi connectivity index (χ0n) is 18.0. The molecule has 4 rings (SSSR count). The summed E-state index contributed by atoms with van der Waals surface area (Å²) in [5.41, 5.74) is 1.46. The largest absolute Gasteiger partial charge is 0.381 e. The summed E-state index contributed by atoms with van der Waals surface area (Å²) in [7, 11) is 1.78. The minimum absolute atomic E-state index is 0.185. The molecule has 2 aliphatic heterocycles. The first-order chi connectivity index (χ1) is 15.1. The van der Waals surface area contributed by atoms with E-state index in [0.29, 0.717) is 25.4 Å². The van der Waals surface area contributed by atoms with Crippen LogP contribution < -0.4 is 10.2 Å². The van der Waals surface area contributed by atoms with Gasteiger partial charge in [0.05, 0.1) is 5.69 Å². The molecule has 1 N–H and O–H groups in total. The van der Waals surface area contributed by atoms with Crippen LogP contribution in [0.2, 0.25) is 0 Å². The van der Waals surface area contributed by atoms with Crippen LogP contribution in [0.1, 0.15) is 18.4 Å². The van der Waals surface area contributed by atoms with Crippen LogP contribution in [0.25, 0.3) is 0 Å². The van der Waals surface area contributed by atoms with Crippen molar-refractivity contribution < 1.29 is 13.5 Å². The van der Waals surface area contributed by atoms with Gasteiger partial charge in [-0.1, -0.05) is 24.3 Å². The number of aliphatic imine (C=N–C) groups is 1. The lowest BCUT2D eigenvalue weighted by Crippen LogP contribution is -2.55. The summed E-state index contributed by atoms with van der Waals surface area (Å²) in [6, 6.07) is 13.8. The van der Waals surface area contributed by atoms with Crippen LogP contribution in [0, 0.1) is 11.6 Å². The first-order valence-electron chi connectivity index (χ1n) is 10.9. The van der Waals surface area contributed by atoms with Gasteiger partial charge in [-0.3, -0.25) is 4.99 Å². The molecule has 5 nitrogen and oxygen atoms in total. The molecule has 0 unspecified atom stereocenters. The van der Waals surface area contributed by atoms with E-state index in [2.05, 4.69) is 20.1 Å². The van der Waals surface area contributed by atoms with E-state index < -0.39 is 0 Å². The molecule has 7 heteroatoms. The first-order valence-corrected chi connectivity index (χ1v) is 10.9. The van der Waals surface area contributed by atoms with Crippen LogP contribution in [-0.4, -0.2) is 63.8 Å². The number of nitrogens with zero attached hydrogens (tertiary/aromatic N) is 3. The van der Waals surface area contributed by atoms with E-state index in [4.69, 9.17) is 4.74 Å². The van der Waals surface area contributed by atoms with E-state index in [-0.39, 0.29) is 17.0 Å². The number of benzene rings is 2. The van der Waals surface area contributed by atoms with Gasteiger partial charge in [0.1, 0.15) is 11.6 Å². The number of para-hydroxylation sites is 1. The highest BCUT2D eigenvalue weighted by Gasteiger charge is 2.35. The van der Waals surface area contributed by atoms with Gasteiger partial charge in [0.15, 0.2) is 5.96 Å². The predicted octanol–water partition coefficient (Wildman–Crippen LogP) is 3.41. The number of hydrogen-bond acceptors (Lipinski definition) is 3. The van der Waals surface area contributed by atoms with Crippen molar-refractivity contribution in [2.75, 3.05) is 57.9 Å². The number of piperazine rings is 1.